The molecule has 2 aromatic rings. The fourth-order valence-corrected chi connectivity index (χ4v) is 1.95. The Bertz CT molecular complexity index is 599. The quantitative estimate of drug-likeness (QED) is 0.867. The molecular formula is C17H19F2NO. The molecule has 0 aliphatic rings. The van der Waals surface area contributed by atoms with E-state index >= 15 is 0 Å². The summed E-state index contributed by atoms with van der Waals surface area (Å²) in [7, 11) is 0. The number of ether oxygens (including phenoxy) is 1. The van der Waals surface area contributed by atoms with E-state index in [2.05, 4.69) is 5.32 Å². The van der Waals surface area contributed by atoms with Gasteiger partial charge in [0.15, 0.2) is 11.6 Å². The van der Waals surface area contributed by atoms with Gasteiger partial charge < -0.3 is 10.1 Å². The standard InChI is InChI=1S/C17H19F2NO/c1-12(2)20-10-14-6-4-8-16(19)17(14)21-11-13-5-3-7-15(18)9-13/h3-9,12,20H,10-11H2,1-2H3. The summed E-state index contributed by atoms with van der Waals surface area (Å²) in [5.74, 6) is -0.518. The fraction of sp³-hybridized carbons (Fsp3) is 0.294. The lowest BCUT2D eigenvalue weighted by Crippen LogP contribution is -2.22. The summed E-state index contributed by atoms with van der Waals surface area (Å²) in [5, 5.41) is 3.23. The van der Waals surface area contributed by atoms with E-state index in [0.29, 0.717) is 18.2 Å². The fourth-order valence-electron chi connectivity index (χ4n) is 1.95. The third kappa shape index (κ3) is 4.53. The van der Waals surface area contributed by atoms with Gasteiger partial charge in [-0.05, 0) is 23.8 Å². The van der Waals surface area contributed by atoms with Gasteiger partial charge in [0, 0.05) is 18.2 Å². The summed E-state index contributed by atoms with van der Waals surface area (Å²) >= 11 is 0. The minimum Gasteiger partial charge on any atom is -0.485 e. The first-order valence-electron chi connectivity index (χ1n) is 6.94. The number of nitrogens with one attached hydrogen (secondary N) is 1. The van der Waals surface area contributed by atoms with Crippen LogP contribution in [0.5, 0.6) is 5.75 Å². The first-order valence-corrected chi connectivity index (χ1v) is 6.94. The zero-order valence-electron chi connectivity index (χ0n) is 12.2. The van der Waals surface area contributed by atoms with Gasteiger partial charge in [0.2, 0.25) is 0 Å². The molecular weight excluding hydrogens is 272 g/mol. The lowest BCUT2D eigenvalue weighted by Gasteiger charge is -2.14. The number of rotatable bonds is 6. The smallest absolute Gasteiger partial charge is 0.165 e. The lowest BCUT2D eigenvalue weighted by atomic mass is 10.1. The molecule has 2 rings (SSSR count). The number of benzene rings is 2. The van der Waals surface area contributed by atoms with Crippen LogP contribution in [-0.2, 0) is 13.2 Å². The average Bonchev–Trinajstić information content (AvgIpc) is 2.44. The third-order valence-electron chi connectivity index (χ3n) is 3.02. The maximum atomic E-state index is 13.9. The minimum absolute atomic E-state index is 0.132. The Morgan fingerprint density at radius 2 is 1.86 bits per heavy atom. The second kappa shape index (κ2) is 7.18. The van der Waals surface area contributed by atoms with Gasteiger partial charge in [0.1, 0.15) is 12.4 Å². The first kappa shape index (κ1) is 15.4. The van der Waals surface area contributed by atoms with Crippen molar-refractivity contribution in [3.63, 3.8) is 0 Å². The van der Waals surface area contributed by atoms with Crippen molar-refractivity contribution in [3.8, 4) is 5.75 Å². The van der Waals surface area contributed by atoms with E-state index in [4.69, 9.17) is 4.74 Å². The van der Waals surface area contributed by atoms with E-state index in [1.54, 1.807) is 18.2 Å². The van der Waals surface area contributed by atoms with Crippen molar-refractivity contribution < 1.29 is 13.5 Å². The Kier molecular flexibility index (Phi) is 5.28. The predicted octanol–water partition coefficient (Wildman–Crippen LogP) is 4.04. The van der Waals surface area contributed by atoms with Crippen LogP contribution >= 0.6 is 0 Å². The normalized spacial score (nSPS) is 10.9. The molecule has 0 aliphatic heterocycles. The third-order valence-corrected chi connectivity index (χ3v) is 3.02. The van der Waals surface area contributed by atoms with Crippen LogP contribution in [0.15, 0.2) is 42.5 Å². The molecule has 2 nitrogen and oxygen atoms in total. The highest BCUT2D eigenvalue weighted by Gasteiger charge is 2.10. The van der Waals surface area contributed by atoms with Crippen molar-refractivity contribution in [2.24, 2.45) is 0 Å². The van der Waals surface area contributed by atoms with E-state index in [9.17, 15) is 8.78 Å². The van der Waals surface area contributed by atoms with Crippen molar-refractivity contribution in [3.05, 3.63) is 65.2 Å². The molecule has 112 valence electrons. The molecule has 0 amide bonds. The lowest BCUT2D eigenvalue weighted by molar-refractivity contribution is 0.285. The highest BCUT2D eigenvalue weighted by atomic mass is 19.1. The molecule has 4 heteroatoms. The number of hydrogen-bond donors (Lipinski definition) is 1. The first-order chi connectivity index (χ1) is 10.1. The van der Waals surface area contributed by atoms with Crippen LogP contribution in [0, 0.1) is 11.6 Å². The zero-order valence-corrected chi connectivity index (χ0v) is 12.2. The van der Waals surface area contributed by atoms with Gasteiger partial charge >= 0.3 is 0 Å². The Hall–Kier alpha value is -1.94. The molecule has 2 aromatic carbocycles. The number of para-hydroxylation sites is 1. The second-order valence-corrected chi connectivity index (χ2v) is 5.18. The van der Waals surface area contributed by atoms with E-state index < -0.39 is 5.82 Å². The van der Waals surface area contributed by atoms with E-state index in [1.807, 2.05) is 19.9 Å². The SMILES string of the molecule is CC(C)NCc1cccc(F)c1OCc1cccc(F)c1. The highest BCUT2D eigenvalue weighted by Crippen LogP contribution is 2.24. The number of halogens is 2. The van der Waals surface area contributed by atoms with Crippen LogP contribution in [0.3, 0.4) is 0 Å². The highest BCUT2D eigenvalue weighted by molar-refractivity contribution is 5.35. The zero-order chi connectivity index (χ0) is 15.2. The van der Waals surface area contributed by atoms with Crippen LogP contribution in [-0.4, -0.2) is 6.04 Å². The molecule has 0 fully saturated rings. The Balaban J connectivity index is 2.11. The van der Waals surface area contributed by atoms with Gasteiger partial charge in [-0.25, -0.2) is 8.78 Å². The molecule has 0 bridgehead atoms. The molecule has 1 N–H and O–H groups in total. The summed E-state index contributed by atoms with van der Waals surface area (Å²) in [4.78, 5) is 0. The van der Waals surface area contributed by atoms with Crippen molar-refractivity contribution >= 4 is 0 Å². The summed E-state index contributed by atoms with van der Waals surface area (Å²) < 4.78 is 32.6. The summed E-state index contributed by atoms with van der Waals surface area (Å²) in [6.45, 7) is 4.69. The van der Waals surface area contributed by atoms with Crippen LogP contribution in [0.25, 0.3) is 0 Å². The van der Waals surface area contributed by atoms with Gasteiger partial charge in [-0.3, -0.25) is 0 Å². The van der Waals surface area contributed by atoms with E-state index in [1.165, 1.54) is 18.2 Å². The molecule has 0 radical (unpaired) electrons. The molecule has 0 saturated heterocycles. The molecule has 0 spiro atoms. The second-order valence-electron chi connectivity index (χ2n) is 5.18. The predicted molar refractivity (Wildman–Crippen MR) is 79.1 cm³/mol. The monoisotopic (exact) mass is 291 g/mol. The van der Waals surface area contributed by atoms with Crippen molar-refractivity contribution in [1.29, 1.82) is 0 Å². The molecule has 0 heterocycles. The van der Waals surface area contributed by atoms with Crippen LogP contribution in [0.4, 0.5) is 8.78 Å². The van der Waals surface area contributed by atoms with E-state index in [-0.39, 0.29) is 18.2 Å². The summed E-state index contributed by atoms with van der Waals surface area (Å²) in [6.07, 6.45) is 0. The topological polar surface area (TPSA) is 21.3 Å². The molecule has 0 aromatic heterocycles. The van der Waals surface area contributed by atoms with E-state index in [0.717, 1.165) is 5.56 Å². The maximum absolute atomic E-state index is 13.9. The van der Waals surface area contributed by atoms with Crippen LogP contribution < -0.4 is 10.1 Å². The average molecular weight is 291 g/mol. The molecule has 21 heavy (non-hydrogen) atoms. The Labute approximate surface area is 123 Å². The summed E-state index contributed by atoms with van der Waals surface area (Å²) in [5.41, 5.74) is 1.42. The maximum Gasteiger partial charge on any atom is 0.165 e. The molecule has 0 saturated carbocycles. The minimum atomic E-state index is -0.408. The Morgan fingerprint density at radius 1 is 1.10 bits per heavy atom. The molecule has 0 atom stereocenters. The molecule has 0 aliphatic carbocycles. The van der Waals surface area contributed by atoms with Gasteiger partial charge in [0.25, 0.3) is 0 Å². The van der Waals surface area contributed by atoms with Gasteiger partial charge in [0.05, 0.1) is 0 Å². The van der Waals surface area contributed by atoms with Crippen molar-refractivity contribution in [1.82, 2.24) is 5.32 Å². The number of hydrogen-bond acceptors (Lipinski definition) is 2. The van der Waals surface area contributed by atoms with Crippen LogP contribution in [0.1, 0.15) is 25.0 Å². The summed E-state index contributed by atoms with van der Waals surface area (Å²) in [6, 6.07) is 11.2. The van der Waals surface area contributed by atoms with Crippen LogP contribution in [0.2, 0.25) is 0 Å². The molecule has 0 unspecified atom stereocenters. The largest absolute Gasteiger partial charge is 0.485 e. The van der Waals surface area contributed by atoms with Crippen molar-refractivity contribution in [2.75, 3.05) is 0 Å². The Morgan fingerprint density at radius 3 is 2.57 bits per heavy atom. The van der Waals surface area contributed by atoms with Gasteiger partial charge in [-0.1, -0.05) is 38.1 Å². The van der Waals surface area contributed by atoms with Gasteiger partial charge in [-0.2, -0.15) is 0 Å². The van der Waals surface area contributed by atoms with Crippen molar-refractivity contribution in [2.45, 2.75) is 33.0 Å². The van der Waals surface area contributed by atoms with Gasteiger partial charge in [-0.15, -0.1) is 0 Å².